The molecule has 17 heavy (non-hydrogen) atoms. The van der Waals surface area contributed by atoms with Gasteiger partial charge in [0, 0.05) is 32.4 Å². The van der Waals surface area contributed by atoms with Crippen molar-refractivity contribution in [1.29, 1.82) is 0 Å². The summed E-state index contributed by atoms with van der Waals surface area (Å²) in [6.07, 6.45) is 3.06. The third-order valence-corrected chi connectivity index (χ3v) is 5.14. The molecule has 8 heteroatoms. The van der Waals surface area contributed by atoms with Gasteiger partial charge in [0.05, 0.1) is 0 Å². The third-order valence-electron chi connectivity index (χ3n) is 2.97. The Morgan fingerprint density at radius 2 is 2.35 bits per heavy atom. The van der Waals surface area contributed by atoms with Gasteiger partial charge in [-0.2, -0.15) is 4.31 Å². The average Bonchev–Trinajstić information content (AvgIpc) is 2.86. The standard InChI is InChI=1S/C9H15ClN4O2S/c1-13-6-8(12-9(13)10)17(15,16)14-4-2-3-7(14)5-11/h6-7H,2-5,11H2,1H3. The number of nitrogens with two attached hydrogens (primary N) is 1. The van der Waals surface area contributed by atoms with Crippen LogP contribution in [0, 0.1) is 0 Å². The highest BCUT2D eigenvalue weighted by Gasteiger charge is 2.36. The fourth-order valence-corrected chi connectivity index (χ4v) is 3.90. The molecule has 1 aliphatic rings. The summed E-state index contributed by atoms with van der Waals surface area (Å²) >= 11 is 5.76. The first-order valence-corrected chi connectivity index (χ1v) is 7.19. The van der Waals surface area contributed by atoms with Crippen molar-refractivity contribution in [3.63, 3.8) is 0 Å². The van der Waals surface area contributed by atoms with Gasteiger partial charge in [-0.25, -0.2) is 13.4 Å². The van der Waals surface area contributed by atoms with Gasteiger partial charge in [-0.15, -0.1) is 0 Å². The summed E-state index contributed by atoms with van der Waals surface area (Å²) in [6, 6.07) is -0.124. The molecule has 0 aliphatic carbocycles. The number of imidazole rings is 1. The van der Waals surface area contributed by atoms with Gasteiger partial charge in [-0.05, 0) is 24.4 Å². The zero-order valence-electron chi connectivity index (χ0n) is 9.50. The van der Waals surface area contributed by atoms with Gasteiger partial charge >= 0.3 is 0 Å². The van der Waals surface area contributed by atoms with E-state index in [0.29, 0.717) is 13.1 Å². The fourth-order valence-electron chi connectivity index (χ4n) is 2.02. The van der Waals surface area contributed by atoms with E-state index < -0.39 is 10.0 Å². The van der Waals surface area contributed by atoms with Crippen LogP contribution in [0.2, 0.25) is 5.28 Å². The molecule has 0 saturated carbocycles. The van der Waals surface area contributed by atoms with E-state index in [-0.39, 0.29) is 16.4 Å². The SMILES string of the molecule is Cn1cc(S(=O)(=O)N2CCCC2CN)nc1Cl. The lowest BCUT2D eigenvalue weighted by Gasteiger charge is -2.21. The topological polar surface area (TPSA) is 81.2 Å². The van der Waals surface area contributed by atoms with Crippen LogP contribution in [-0.2, 0) is 17.1 Å². The van der Waals surface area contributed by atoms with Crippen molar-refractivity contribution in [1.82, 2.24) is 13.9 Å². The summed E-state index contributed by atoms with van der Waals surface area (Å²) in [7, 11) is -1.91. The second kappa shape index (κ2) is 4.56. The monoisotopic (exact) mass is 278 g/mol. The van der Waals surface area contributed by atoms with Crippen LogP contribution in [0.3, 0.4) is 0 Å². The lowest BCUT2D eigenvalue weighted by molar-refractivity contribution is 0.391. The number of hydrogen-bond donors (Lipinski definition) is 1. The highest BCUT2D eigenvalue weighted by molar-refractivity contribution is 7.89. The first-order valence-electron chi connectivity index (χ1n) is 5.37. The molecule has 2 N–H and O–H groups in total. The molecule has 0 radical (unpaired) electrons. The quantitative estimate of drug-likeness (QED) is 0.855. The van der Waals surface area contributed by atoms with Crippen LogP contribution in [0.5, 0.6) is 0 Å². The number of hydrogen-bond acceptors (Lipinski definition) is 4. The Bertz CT molecular complexity index is 494. The molecule has 1 aromatic rings. The number of aromatic nitrogens is 2. The molecule has 1 aromatic heterocycles. The maximum atomic E-state index is 12.3. The van der Waals surface area contributed by atoms with Gasteiger partial charge < -0.3 is 10.3 Å². The van der Waals surface area contributed by atoms with E-state index in [2.05, 4.69) is 4.98 Å². The number of rotatable bonds is 3. The van der Waals surface area contributed by atoms with Crippen LogP contribution in [0.15, 0.2) is 11.2 Å². The lowest BCUT2D eigenvalue weighted by atomic mass is 10.2. The molecule has 1 atom stereocenters. The minimum absolute atomic E-state index is 0.00894. The molecule has 1 unspecified atom stereocenters. The smallest absolute Gasteiger partial charge is 0.262 e. The molecule has 2 rings (SSSR count). The number of nitrogens with zero attached hydrogens (tertiary/aromatic N) is 3. The normalized spacial score (nSPS) is 22.2. The molecule has 96 valence electrons. The van der Waals surface area contributed by atoms with Crippen molar-refractivity contribution in [2.24, 2.45) is 12.8 Å². The van der Waals surface area contributed by atoms with Gasteiger partial charge in [-0.3, -0.25) is 0 Å². The second-order valence-electron chi connectivity index (χ2n) is 4.11. The van der Waals surface area contributed by atoms with E-state index in [9.17, 15) is 8.42 Å². The lowest BCUT2D eigenvalue weighted by Crippen LogP contribution is -2.40. The Hall–Kier alpha value is -0.630. The third kappa shape index (κ3) is 2.20. The van der Waals surface area contributed by atoms with E-state index in [1.165, 1.54) is 15.1 Å². The highest BCUT2D eigenvalue weighted by atomic mass is 35.5. The van der Waals surface area contributed by atoms with Crippen molar-refractivity contribution in [2.45, 2.75) is 23.9 Å². The molecule has 1 fully saturated rings. The number of sulfonamides is 1. The Balaban J connectivity index is 2.36. The van der Waals surface area contributed by atoms with Crippen LogP contribution in [0.1, 0.15) is 12.8 Å². The minimum atomic E-state index is -3.56. The van der Waals surface area contributed by atoms with Gasteiger partial charge in [0.2, 0.25) is 5.28 Å². The van der Waals surface area contributed by atoms with Crippen molar-refractivity contribution in [2.75, 3.05) is 13.1 Å². The molecule has 0 spiro atoms. The second-order valence-corrected chi connectivity index (χ2v) is 6.28. The molecule has 2 heterocycles. The van der Waals surface area contributed by atoms with Crippen LogP contribution < -0.4 is 5.73 Å². The number of aryl methyl sites for hydroxylation is 1. The fraction of sp³-hybridized carbons (Fsp3) is 0.667. The zero-order valence-corrected chi connectivity index (χ0v) is 11.1. The van der Waals surface area contributed by atoms with E-state index in [0.717, 1.165) is 12.8 Å². The maximum absolute atomic E-state index is 12.3. The molecule has 6 nitrogen and oxygen atoms in total. The van der Waals surface area contributed by atoms with Crippen molar-refractivity contribution in [3.05, 3.63) is 11.5 Å². The van der Waals surface area contributed by atoms with Crippen molar-refractivity contribution in [3.8, 4) is 0 Å². The Labute approximate surface area is 105 Å². The van der Waals surface area contributed by atoms with E-state index in [1.807, 2.05) is 0 Å². The van der Waals surface area contributed by atoms with E-state index in [1.54, 1.807) is 7.05 Å². The van der Waals surface area contributed by atoms with Gasteiger partial charge in [0.15, 0.2) is 5.03 Å². The van der Waals surface area contributed by atoms with Crippen LogP contribution in [0.4, 0.5) is 0 Å². The van der Waals surface area contributed by atoms with Crippen LogP contribution >= 0.6 is 11.6 Å². The van der Waals surface area contributed by atoms with Gasteiger partial charge in [-0.1, -0.05) is 0 Å². The van der Waals surface area contributed by atoms with Crippen LogP contribution in [0.25, 0.3) is 0 Å². The summed E-state index contributed by atoms with van der Waals surface area (Å²) < 4.78 is 27.5. The first kappa shape index (κ1) is 12.8. The first-order chi connectivity index (χ1) is 7.96. The van der Waals surface area contributed by atoms with Crippen molar-refractivity contribution < 1.29 is 8.42 Å². The molecular weight excluding hydrogens is 264 g/mol. The molecule has 0 aromatic carbocycles. The summed E-state index contributed by atoms with van der Waals surface area (Å²) in [6.45, 7) is 0.832. The molecule has 1 aliphatic heterocycles. The molecular formula is C9H15ClN4O2S. The summed E-state index contributed by atoms with van der Waals surface area (Å²) in [4.78, 5) is 3.85. The highest BCUT2D eigenvalue weighted by Crippen LogP contribution is 2.25. The van der Waals surface area contributed by atoms with Crippen LogP contribution in [-0.4, -0.2) is 41.4 Å². The maximum Gasteiger partial charge on any atom is 0.262 e. The Kier molecular flexibility index (Phi) is 3.44. The minimum Gasteiger partial charge on any atom is -0.329 e. The largest absolute Gasteiger partial charge is 0.329 e. The van der Waals surface area contributed by atoms with E-state index >= 15 is 0 Å². The Morgan fingerprint density at radius 3 is 2.88 bits per heavy atom. The molecule has 0 amide bonds. The average molecular weight is 279 g/mol. The van der Waals surface area contributed by atoms with Gasteiger partial charge in [0.1, 0.15) is 0 Å². The van der Waals surface area contributed by atoms with Crippen molar-refractivity contribution >= 4 is 21.6 Å². The molecule has 1 saturated heterocycles. The number of halogens is 1. The summed E-state index contributed by atoms with van der Waals surface area (Å²) in [5, 5.41) is 0.150. The Morgan fingerprint density at radius 1 is 1.65 bits per heavy atom. The van der Waals surface area contributed by atoms with E-state index in [4.69, 9.17) is 17.3 Å². The predicted octanol–water partition coefficient (Wildman–Crippen LogP) is 0.185. The molecule has 0 bridgehead atoms. The van der Waals surface area contributed by atoms with Gasteiger partial charge in [0.25, 0.3) is 10.0 Å². The summed E-state index contributed by atoms with van der Waals surface area (Å²) in [5.41, 5.74) is 5.58. The summed E-state index contributed by atoms with van der Waals surface area (Å²) in [5.74, 6) is 0. The zero-order chi connectivity index (χ0) is 12.6. The predicted molar refractivity (Wildman–Crippen MR) is 64.2 cm³/mol.